The molecule has 0 aliphatic carbocycles. The van der Waals surface area contributed by atoms with Crippen LogP contribution < -0.4 is 0 Å². The lowest BCUT2D eigenvalue weighted by atomic mass is 9.93. The summed E-state index contributed by atoms with van der Waals surface area (Å²) >= 11 is 3.41. The molecule has 3 aromatic heterocycles. The molecule has 27 heavy (non-hydrogen) atoms. The Labute approximate surface area is 165 Å². The van der Waals surface area contributed by atoms with Crippen molar-refractivity contribution in [1.82, 2.24) is 15.1 Å². The molecule has 0 bridgehead atoms. The Morgan fingerprint density at radius 2 is 1.96 bits per heavy atom. The Morgan fingerprint density at radius 3 is 2.78 bits per heavy atom. The monoisotopic (exact) mass is 391 g/mol. The van der Waals surface area contributed by atoms with Gasteiger partial charge < -0.3 is 4.90 Å². The molecule has 0 radical (unpaired) electrons. The Hall–Kier alpha value is -2.70. The van der Waals surface area contributed by atoms with Crippen LogP contribution in [0.3, 0.4) is 0 Å². The third-order valence-corrected chi connectivity index (χ3v) is 6.83. The fourth-order valence-electron chi connectivity index (χ4n) is 3.67. The van der Waals surface area contributed by atoms with Crippen molar-refractivity contribution in [3.63, 3.8) is 0 Å². The number of fused-ring (bicyclic) bond motifs is 1. The van der Waals surface area contributed by atoms with Crippen molar-refractivity contribution in [2.24, 2.45) is 0 Å². The van der Waals surface area contributed by atoms with Gasteiger partial charge >= 0.3 is 0 Å². The molecule has 4 aromatic rings. The normalized spacial score (nSPS) is 16.3. The van der Waals surface area contributed by atoms with E-state index in [9.17, 15) is 4.79 Å². The van der Waals surface area contributed by atoms with Crippen molar-refractivity contribution in [2.45, 2.75) is 12.5 Å². The van der Waals surface area contributed by atoms with Gasteiger partial charge in [0, 0.05) is 11.4 Å². The van der Waals surface area contributed by atoms with Gasteiger partial charge in [-0.3, -0.25) is 9.89 Å². The van der Waals surface area contributed by atoms with Crippen LogP contribution in [0.15, 0.2) is 65.4 Å². The van der Waals surface area contributed by atoms with Gasteiger partial charge in [-0.2, -0.15) is 5.10 Å². The third-order valence-electron chi connectivity index (χ3n) is 4.93. The maximum absolute atomic E-state index is 13.3. The van der Waals surface area contributed by atoms with Crippen LogP contribution in [-0.2, 0) is 6.42 Å². The van der Waals surface area contributed by atoms with E-state index in [2.05, 4.69) is 33.8 Å². The highest BCUT2D eigenvalue weighted by Gasteiger charge is 2.34. The molecular weight excluding hydrogens is 374 g/mol. The lowest BCUT2D eigenvalue weighted by Crippen LogP contribution is -2.40. The molecular formula is C21H17N3OS2. The molecule has 0 fully saturated rings. The summed E-state index contributed by atoms with van der Waals surface area (Å²) in [7, 11) is 0. The number of aromatic nitrogens is 2. The van der Waals surface area contributed by atoms with Gasteiger partial charge in [0.1, 0.15) is 0 Å². The van der Waals surface area contributed by atoms with E-state index < -0.39 is 0 Å². The predicted molar refractivity (Wildman–Crippen MR) is 109 cm³/mol. The van der Waals surface area contributed by atoms with Crippen LogP contribution in [-0.4, -0.2) is 27.5 Å². The number of H-pyrrole nitrogens is 1. The molecule has 0 saturated carbocycles. The number of rotatable bonds is 3. The van der Waals surface area contributed by atoms with E-state index >= 15 is 0 Å². The average Bonchev–Trinajstić information content (AvgIpc) is 3.48. The maximum atomic E-state index is 13.3. The first-order valence-corrected chi connectivity index (χ1v) is 10.6. The summed E-state index contributed by atoms with van der Waals surface area (Å²) in [6, 6.07) is 18.2. The largest absolute Gasteiger partial charge is 0.326 e. The number of carbonyl (C=O) groups is 1. The molecule has 1 unspecified atom stereocenters. The average molecular weight is 392 g/mol. The van der Waals surface area contributed by atoms with E-state index in [1.807, 2.05) is 46.7 Å². The van der Waals surface area contributed by atoms with Gasteiger partial charge in [0.2, 0.25) is 0 Å². The van der Waals surface area contributed by atoms with Crippen molar-refractivity contribution in [3.8, 4) is 10.6 Å². The summed E-state index contributed by atoms with van der Waals surface area (Å²) in [6.07, 6.45) is 0.893. The minimum atomic E-state index is -0.0596. The van der Waals surface area contributed by atoms with E-state index in [0.717, 1.165) is 22.6 Å². The number of nitrogens with zero attached hydrogens (tertiary/aromatic N) is 2. The van der Waals surface area contributed by atoms with Gasteiger partial charge in [-0.05, 0) is 46.5 Å². The zero-order valence-corrected chi connectivity index (χ0v) is 16.1. The number of amides is 1. The minimum absolute atomic E-state index is 0.0280. The van der Waals surface area contributed by atoms with Gasteiger partial charge in [-0.1, -0.05) is 36.4 Å². The molecule has 5 rings (SSSR count). The summed E-state index contributed by atoms with van der Waals surface area (Å²) in [4.78, 5) is 17.8. The quantitative estimate of drug-likeness (QED) is 0.535. The second-order valence-corrected chi connectivity index (χ2v) is 8.45. The molecule has 134 valence electrons. The zero-order valence-electron chi connectivity index (χ0n) is 14.5. The summed E-state index contributed by atoms with van der Waals surface area (Å²) in [6.45, 7) is 0.701. The first kappa shape index (κ1) is 16.5. The van der Waals surface area contributed by atoms with Crippen LogP contribution in [0.4, 0.5) is 0 Å². The molecule has 0 saturated heterocycles. The Bertz CT molecular complexity index is 1070. The molecule has 4 heterocycles. The summed E-state index contributed by atoms with van der Waals surface area (Å²) in [5.74, 6) is -0.0280. The predicted octanol–water partition coefficient (Wildman–Crippen LogP) is 4.99. The Kier molecular flexibility index (Phi) is 4.14. The van der Waals surface area contributed by atoms with E-state index in [1.165, 1.54) is 10.4 Å². The van der Waals surface area contributed by atoms with Crippen LogP contribution >= 0.6 is 22.7 Å². The molecule has 6 heteroatoms. The number of hydrogen-bond acceptors (Lipinski definition) is 4. The van der Waals surface area contributed by atoms with Gasteiger partial charge in [0.05, 0.1) is 16.6 Å². The van der Waals surface area contributed by atoms with Crippen molar-refractivity contribution in [3.05, 3.63) is 87.1 Å². The van der Waals surface area contributed by atoms with Crippen LogP contribution in [0, 0.1) is 0 Å². The van der Waals surface area contributed by atoms with Crippen LogP contribution in [0.2, 0.25) is 0 Å². The number of aromatic amines is 1. The maximum Gasteiger partial charge on any atom is 0.275 e. The molecule has 1 aliphatic heterocycles. The molecule has 1 aromatic carbocycles. The lowest BCUT2D eigenvalue weighted by molar-refractivity contribution is 0.0690. The van der Waals surface area contributed by atoms with Crippen molar-refractivity contribution < 1.29 is 4.79 Å². The van der Waals surface area contributed by atoms with Gasteiger partial charge in [-0.25, -0.2) is 0 Å². The molecule has 4 nitrogen and oxygen atoms in total. The highest BCUT2D eigenvalue weighted by atomic mass is 32.1. The van der Waals surface area contributed by atoms with Gasteiger partial charge in [-0.15, -0.1) is 22.7 Å². The van der Waals surface area contributed by atoms with Gasteiger partial charge in [0.25, 0.3) is 5.91 Å². The lowest BCUT2D eigenvalue weighted by Gasteiger charge is -2.36. The van der Waals surface area contributed by atoms with E-state index in [1.54, 1.807) is 22.7 Å². The smallest absolute Gasteiger partial charge is 0.275 e. The topological polar surface area (TPSA) is 49.0 Å². The number of benzene rings is 1. The molecule has 1 amide bonds. The zero-order chi connectivity index (χ0) is 18.2. The molecule has 1 N–H and O–H groups in total. The number of nitrogens with one attached hydrogen (secondary N) is 1. The first-order valence-electron chi connectivity index (χ1n) is 8.83. The van der Waals surface area contributed by atoms with Crippen LogP contribution in [0.5, 0.6) is 0 Å². The van der Waals surface area contributed by atoms with Crippen molar-refractivity contribution in [2.75, 3.05) is 6.54 Å². The summed E-state index contributed by atoms with van der Waals surface area (Å²) in [5.41, 5.74) is 3.73. The standard InChI is InChI=1S/C21H17N3OS2/c25-21(17-13-16(22-23-17)19-7-4-11-26-19)24-10-8-18-15(9-12-27-18)20(24)14-5-2-1-3-6-14/h1-7,9,11-13,20H,8,10H2,(H,22,23). The molecule has 0 spiro atoms. The number of carbonyl (C=O) groups excluding carboxylic acids is 1. The number of hydrogen-bond donors (Lipinski definition) is 1. The first-order chi connectivity index (χ1) is 13.3. The Balaban J connectivity index is 1.52. The third kappa shape index (κ3) is 2.91. The van der Waals surface area contributed by atoms with Crippen molar-refractivity contribution in [1.29, 1.82) is 0 Å². The van der Waals surface area contributed by atoms with Crippen LogP contribution in [0.25, 0.3) is 10.6 Å². The second kappa shape index (κ2) is 6.79. The van der Waals surface area contributed by atoms with E-state index in [0.29, 0.717) is 12.2 Å². The SMILES string of the molecule is O=C(c1cc(-c2cccs2)[nH]n1)N1CCc2sccc2C1c1ccccc1. The minimum Gasteiger partial charge on any atom is -0.326 e. The molecule has 1 atom stereocenters. The number of thiophene rings is 2. The fraction of sp³-hybridized carbons (Fsp3) is 0.143. The van der Waals surface area contributed by atoms with Gasteiger partial charge in [0.15, 0.2) is 5.69 Å². The van der Waals surface area contributed by atoms with Crippen LogP contribution in [0.1, 0.15) is 32.5 Å². The Morgan fingerprint density at radius 1 is 1.07 bits per heavy atom. The fourth-order valence-corrected chi connectivity index (χ4v) is 5.26. The summed E-state index contributed by atoms with van der Waals surface area (Å²) in [5, 5.41) is 11.5. The highest BCUT2D eigenvalue weighted by Crippen LogP contribution is 2.38. The highest BCUT2D eigenvalue weighted by molar-refractivity contribution is 7.13. The summed E-state index contributed by atoms with van der Waals surface area (Å²) < 4.78 is 0. The van der Waals surface area contributed by atoms with E-state index in [-0.39, 0.29) is 11.9 Å². The second-order valence-electron chi connectivity index (χ2n) is 6.51. The molecule has 1 aliphatic rings. The van der Waals surface area contributed by atoms with Crippen molar-refractivity contribution >= 4 is 28.6 Å². The van der Waals surface area contributed by atoms with E-state index in [4.69, 9.17) is 0 Å².